The van der Waals surface area contributed by atoms with Crippen molar-refractivity contribution >= 4 is 11.9 Å². The first-order valence-electron chi connectivity index (χ1n) is 9.82. The number of halogens is 2. The average molecular weight is 397 g/mol. The number of guanidine groups is 1. The lowest BCUT2D eigenvalue weighted by Gasteiger charge is -2.29. The molecule has 0 heterocycles. The van der Waals surface area contributed by atoms with E-state index in [4.69, 9.17) is 9.47 Å². The van der Waals surface area contributed by atoms with Crippen molar-refractivity contribution in [2.75, 3.05) is 26.3 Å². The van der Waals surface area contributed by atoms with Crippen molar-refractivity contribution in [1.29, 1.82) is 0 Å². The fourth-order valence-electron chi connectivity index (χ4n) is 3.13. The van der Waals surface area contributed by atoms with E-state index in [1.54, 1.807) is 0 Å². The number of carbonyl (C=O) groups excluding carboxylic acids is 1. The van der Waals surface area contributed by atoms with E-state index in [2.05, 4.69) is 15.6 Å². The molecule has 0 saturated heterocycles. The Morgan fingerprint density at radius 3 is 2.57 bits per heavy atom. The normalized spacial score (nSPS) is 19.8. The van der Waals surface area contributed by atoms with Crippen LogP contribution >= 0.6 is 0 Å². The maximum atomic E-state index is 13.2. The first-order valence-corrected chi connectivity index (χ1v) is 9.82. The monoisotopic (exact) mass is 397 g/mol. The van der Waals surface area contributed by atoms with E-state index in [0.29, 0.717) is 25.7 Å². The van der Waals surface area contributed by atoms with Crippen LogP contribution in [0.2, 0.25) is 0 Å². The zero-order valence-corrected chi connectivity index (χ0v) is 16.5. The largest absolute Gasteiger partial charge is 0.492 e. The SMILES string of the molecule is CCNC(=NCCOc1ccc(F)c(F)c1)NC1CCC(C(=O)OCC)CC1. The maximum Gasteiger partial charge on any atom is 0.308 e. The van der Waals surface area contributed by atoms with E-state index in [-0.39, 0.29) is 30.3 Å². The Labute approximate surface area is 164 Å². The Hall–Kier alpha value is -2.38. The number of hydrogen-bond donors (Lipinski definition) is 2. The van der Waals surface area contributed by atoms with Crippen molar-refractivity contribution < 1.29 is 23.0 Å². The minimum Gasteiger partial charge on any atom is -0.492 e. The van der Waals surface area contributed by atoms with Crippen LogP contribution in [0.3, 0.4) is 0 Å². The van der Waals surface area contributed by atoms with Crippen LogP contribution < -0.4 is 15.4 Å². The van der Waals surface area contributed by atoms with Crippen LogP contribution in [0.5, 0.6) is 5.75 Å². The van der Waals surface area contributed by atoms with Crippen LogP contribution in [0.4, 0.5) is 8.78 Å². The first-order chi connectivity index (χ1) is 13.5. The van der Waals surface area contributed by atoms with Crippen LogP contribution in [-0.2, 0) is 9.53 Å². The van der Waals surface area contributed by atoms with E-state index >= 15 is 0 Å². The number of nitrogens with zero attached hydrogens (tertiary/aromatic N) is 1. The molecule has 0 aromatic heterocycles. The van der Waals surface area contributed by atoms with Crippen molar-refractivity contribution in [3.63, 3.8) is 0 Å². The van der Waals surface area contributed by atoms with E-state index in [1.807, 2.05) is 13.8 Å². The van der Waals surface area contributed by atoms with Gasteiger partial charge in [0.15, 0.2) is 17.6 Å². The summed E-state index contributed by atoms with van der Waals surface area (Å²) < 4.78 is 36.6. The van der Waals surface area contributed by atoms with E-state index < -0.39 is 11.6 Å². The second-order valence-electron chi connectivity index (χ2n) is 6.63. The highest BCUT2D eigenvalue weighted by Gasteiger charge is 2.27. The van der Waals surface area contributed by atoms with Crippen LogP contribution in [-0.4, -0.2) is 44.3 Å². The third-order valence-electron chi connectivity index (χ3n) is 4.55. The number of carbonyl (C=O) groups is 1. The lowest BCUT2D eigenvalue weighted by atomic mass is 9.86. The van der Waals surface area contributed by atoms with Crippen molar-refractivity contribution in [1.82, 2.24) is 10.6 Å². The zero-order chi connectivity index (χ0) is 20.4. The van der Waals surface area contributed by atoms with Crippen molar-refractivity contribution in [3.05, 3.63) is 29.8 Å². The molecule has 1 aromatic carbocycles. The molecule has 0 aliphatic heterocycles. The predicted octanol–water partition coefficient (Wildman–Crippen LogP) is 3.02. The third kappa shape index (κ3) is 6.98. The van der Waals surface area contributed by atoms with Crippen LogP contribution in [0, 0.1) is 17.6 Å². The van der Waals surface area contributed by atoms with Crippen molar-refractivity contribution in [2.45, 2.75) is 45.6 Å². The summed E-state index contributed by atoms with van der Waals surface area (Å²) in [5, 5.41) is 6.57. The lowest BCUT2D eigenvalue weighted by Crippen LogP contribution is -2.45. The Morgan fingerprint density at radius 1 is 1.18 bits per heavy atom. The Kier molecular flexibility index (Phi) is 8.97. The molecule has 2 N–H and O–H groups in total. The topological polar surface area (TPSA) is 72.0 Å². The zero-order valence-electron chi connectivity index (χ0n) is 16.5. The van der Waals surface area contributed by atoms with Gasteiger partial charge >= 0.3 is 5.97 Å². The number of benzene rings is 1. The van der Waals surface area contributed by atoms with Gasteiger partial charge in [-0.15, -0.1) is 0 Å². The minimum absolute atomic E-state index is 0.0120. The van der Waals surface area contributed by atoms with Crippen LogP contribution in [0.1, 0.15) is 39.5 Å². The molecule has 0 radical (unpaired) electrons. The molecule has 0 bridgehead atoms. The van der Waals surface area contributed by atoms with Gasteiger partial charge in [0.25, 0.3) is 0 Å². The smallest absolute Gasteiger partial charge is 0.308 e. The fourth-order valence-corrected chi connectivity index (χ4v) is 3.13. The summed E-state index contributed by atoms with van der Waals surface area (Å²) in [4.78, 5) is 16.3. The fraction of sp³-hybridized carbons (Fsp3) is 0.600. The average Bonchev–Trinajstić information content (AvgIpc) is 2.68. The Balaban J connectivity index is 1.77. The molecular weight excluding hydrogens is 368 g/mol. The number of esters is 1. The van der Waals surface area contributed by atoms with E-state index in [1.165, 1.54) is 6.07 Å². The number of nitrogens with one attached hydrogen (secondary N) is 2. The minimum atomic E-state index is -0.936. The molecule has 28 heavy (non-hydrogen) atoms. The Morgan fingerprint density at radius 2 is 1.93 bits per heavy atom. The summed E-state index contributed by atoms with van der Waals surface area (Å²) in [7, 11) is 0. The second-order valence-corrected chi connectivity index (χ2v) is 6.63. The first kappa shape index (κ1) is 21.9. The molecule has 0 atom stereocenters. The maximum absolute atomic E-state index is 13.2. The molecule has 8 heteroatoms. The van der Waals surface area contributed by atoms with Gasteiger partial charge in [-0.1, -0.05) is 0 Å². The highest BCUT2D eigenvalue weighted by atomic mass is 19.2. The molecule has 0 spiro atoms. The van der Waals surface area contributed by atoms with Gasteiger partial charge in [-0.05, 0) is 51.7 Å². The van der Waals surface area contributed by atoms with Crippen LogP contribution in [0.15, 0.2) is 23.2 Å². The molecule has 2 rings (SSSR count). The highest BCUT2D eigenvalue weighted by molar-refractivity contribution is 5.80. The molecule has 1 saturated carbocycles. The van der Waals surface area contributed by atoms with E-state index in [9.17, 15) is 13.6 Å². The van der Waals surface area contributed by atoms with Gasteiger partial charge in [0.1, 0.15) is 12.4 Å². The molecule has 1 aliphatic carbocycles. The molecular formula is C20H29F2N3O3. The number of aliphatic imine (C=N–C) groups is 1. The van der Waals surface area contributed by atoms with Crippen molar-refractivity contribution in [2.24, 2.45) is 10.9 Å². The Bertz CT molecular complexity index is 662. The summed E-state index contributed by atoms with van der Waals surface area (Å²) in [6, 6.07) is 3.68. The van der Waals surface area contributed by atoms with Crippen molar-refractivity contribution in [3.8, 4) is 5.75 Å². The molecule has 0 unspecified atom stereocenters. The van der Waals surface area contributed by atoms with Gasteiger partial charge in [0.2, 0.25) is 0 Å². The predicted molar refractivity (Wildman–Crippen MR) is 103 cm³/mol. The molecule has 0 amide bonds. The quantitative estimate of drug-likeness (QED) is 0.305. The third-order valence-corrected chi connectivity index (χ3v) is 4.55. The van der Waals surface area contributed by atoms with Gasteiger partial charge in [-0.2, -0.15) is 0 Å². The van der Waals surface area contributed by atoms with Gasteiger partial charge in [-0.25, -0.2) is 13.8 Å². The molecule has 1 aliphatic rings. The second kappa shape index (κ2) is 11.5. The number of hydrogen-bond acceptors (Lipinski definition) is 4. The molecule has 156 valence electrons. The summed E-state index contributed by atoms with van der Waals surface area (Å²) in [6.07, 6.45) is 3.35. The van der Waals surface area contributed by atoms with Gasteiger partial charge < -0.3 is 20.1 Å². The van der Waals surface area contributed by atoms with Crippen LogP contribution in [0.25, 0.3) is 0 Å². The van der Waals surface area contributed by atoms with E-state index in [0.717, 1.165) is 37.8 Å². The van der Waals surface area contributed by atoms with Gasteiger partial charge in [0.05, 0.1) is 19.1 Å². The lowest BCUT2D eigenvalue weighted by molar-refractivity contribution is -0.149. The summed E-state index contributed by atoms with van der Waals surface area (Å²) in [6.45, 7) is 5.55. The summed E-state index contributed by atoms with van der Waals surface area (Å²) >= 11 is 0. The van der Waals surface area contributed by atoms with Gasteiger partial charge in [0, 0.05) is 18.7 Å². The molecule has 6 nitrogen and oxygen atoms in total. The standard InChI is InChI=1S/C20H29F2N3O3/c1-3-23-20(24-11-12-28-16-9-10-17(21)18(22)13-16)25-15-7-5-14(6-8-15)19(26)27-4-2/h9-10,13-15H,3-8,11-12H2,1-2H3,(H2,23,24,25). The summed E-state index contributed by atoms with van der Waals surface area (Å²) in [5.41, 5.74) is 0. The van der Waals surface area contributed by atoms with Gasteiger partial charge in [-0.3, -0.25) is 4.79 Å². The molecule has 1 fully saturated rings. The number of ether oxygens (including phenoxy) is 2. The summed E-state index contributed by atoms with van der Waals surface area (Å²) in [5.74, 6) is -1.01. The molecule has 1 aromatic rings. The highest BCUT2D eigenvalue weighted by Crippen LogP contribution is 2.25. The number of rotatable bonds is 8.